The lowest BCUT2D eigenvalue weighted by Gasteiger charge is -2.29. The molecule has 1 nitrogen and oxygen atoms in total. The van der Waals surface area contributed by atoms with E-state index in [1.807, 2.05) is 0 Å². The van der Waals surface area contributed by atoms with Crippen molar-refractivity contribution in [2.45, 2.75) is 38.9 Å². The van der Waals surface area contributed by atoms with Crippen molar-refractivity contribution in [3.8, 4) is 0 Å². The maximum atomic E-state index is 6.31. The Morgan fingerprint density at radius 3 is 1.58 bits per heavy atom. The third kappa shape index (κ3) is 5.46. The zero-order valence-corrected chi connectivity index (χ0v) is 16.1. The van der Waals surface area contributed by atoms with Gasteiger partial charge in [-0.1, -0.05) is 86.2 Å². The van der Waals surface area contributed by atoms with Gasteiger partial charge in [-0.05, 0) is 18.1 Å². The zero-order valence-electron chi connectivity index (χ0n) is 7.66. The first-order valence-electron chi connectivity index (χ1n) is 4.16. The van der Waals surface area contributed by atoms with Crippen LogP contribution < -0.4 is 0 Å². The van der Waals surface area contributed by atoms with Gasteiger partial charge >= 0.3 is 3.31 Å². The summed E-state index contributed by atoms with van der Waals surface area (Å²) in [7, 11) is 0. The molecule has 6 heteroatoms. The molecule has 12 heavy (non-hydrogen) atoms. The first kappa shape index (κ1) is 14.6. The summed E-state index contributed by atoms with van der Waals surface area (Å²) in [6.07, 6.45) is 0. The summed E-state index contributed by atoms with van der Waals surface area (Å²) < 4.78 is 4.95. The first-order chi connectivity index (χ1) is 5.39. The summed E-state index contributed by atoms with van der Waals surface area (Å²) >= 11 is 7.68. The second kappa shape index (κ2) is 6.23. The predicted octanol–water partition coefficient (Wildman–Crippen LogP) is 4.75. The van der Waals surface area contributed by atoms with Gasteiger partial charge in [0.05, 0.1) is 0 Å². The Morgan fingerprint density at radius 2 is 1.33 bits per heavy atom. The van der Waals surface area contributed by atoms with E-state index in [1.165, 1.54) is 18.1 Å². The Morgan fingerprint density at radius 1 is 0.917 bits per heavy atom. The van der Waals surface area contributed by atoms with Gasteiger partial charge in [0.1, 0.15) is 0 Å². The van der Waals surface area contributed by atoms with E-state index < -0.39 is 9.12 Å². The minimum absolute atomic E-state index is 1.21. The van der Waals surface area contributed by atoms with Crippen LogP contribution in [0.4, 0.5) is 0 Å². The van der Waals surface area contributed by atoms with Crippen molar-refractivity contribution in [2.75, 3.05) is 0 Å². The van der Waals surface area contributed by atoms with Crippen molar-refractivity contribution in [3.63, 3.8) is 0 Å². The highest BCUT2D eigenvalue weighted by Crippen LogP contribution is 2.36. The number of hydrogen-bond acceptors (Lipinski definition) is 1. The molecule has 0 heterocycles. The molecule has 0 fully saturated rings. The van der Waals surface area contributed by atoms with E-state index in [-0.39, 0.29) is 0 Å². The molecule has 0 aliphatic heterocycles. The van der Waals surface area contributed by atoms with Crippen LogP contribution in [0.3, 0.4) is 0 Å². The topological polar surface area (TPSA) is 9.23 Å². The van der Waals surface area contributed by atoms with Crippen molar-refractivity contribution >= 4 is 74.5 Å². The lowest BCUT2D eigenvalue weighted by molar-refractivity contribution is 0.595. The maximum absolute atomic E-state index is 6.31. The normalized spacial score (nSPS) is 13.5. The van der Waals surface area contributed by atoms with E-state index in [2.05, 4.69) is 86.2 Å². The Bertz CT molecular complexity index is 139. The van der Waals surface area contributed by atoms with Crippen molar-refractivity contribution in [3.05, 3.63) is 0 Å². The summed E-state index contributed by atoms with van der Waals surface area (Å²) in [4.78, 5) is 0. The second-order valence-corrected chi connectivity index (χ2v) is 31.2. The molecule has 0 rings (SSSR count). The molecule has 0 radical (unpaired) electrons. The number of hydrogen-bond donors (Lipinski definition) is 0. The van der Waals surface area contributed by atoms with Crippen LogP contribution >= 0.6 is 65.4 Å². The third-order valence-electron chi connectivity index (χ3n) is 1.80. The van der Waals surface area contributed by atoms with Gasteiger partial charge in [-0.15, -0.1) is 0 Å². The van der Waals surface area contributed by atoms with E-state index >= 15 is 0 Å². The van der Waals surface area contributed by atoms with Crippen molar-refractivity contribution < 1.29 is 4.12 Å². The fourth-order valence-corrected chi connectivity index (χ4v) is 23.7. The summed E-state index contributed by atoms with van der Waals surface area (Å²) in [6, 6.07) is 3.70. The van der Waals surface area contributed by atoms with Gasteiger partial charge in [0, 0.05) is 0 Å². The van der Waals surface area contributed by atoms with Gasteiger partial charge in [-0.3, -0.25) is 0 Å². The molecular weight excluding hydrogens is 525 g/mol. The van der Waals surface area contributed by atoms with Crippen molar-refractivity contribution in [1.82, 2.24) is 0 Å². The highest BCUT2D eigenvalue weighted by atomic mass is 127. The lowest BCUT2D eigenvalue weighted by atomic mass is 11.0. The summed E-state index contributed by atoms with van der Waals surface area (Å²) in [5.41, 5.74) is 0. The molecule has 0 amide bonds. The maximum Gasteiger partial charge on any atom is 0.315 e. The van der Waals surface area contributed by atoms with Crippen LogP contribution in [0, 0.1) is 0 Å². The minimum Gasteiger partial charge on any atom is -0.433 e. The molecule has 0 N–H and O–H groups in total. The average molecular weight is 540 g/mol. The lowest BCUT2D eigenvalue weighted by Crippen LogP contribution is -2.39. The van der Waals surface area contributed by atoms with Gasteiger partial charge in [0.2, 0.25) is 5.81 Å². The fourth-order valence-electron chi connectivity index (χ4n) is 0.734. The fraction of sp³-hybridized carbons (Fsp3) is 1.00. The first-order valence-corrected chi connectivity index (χ1v) is 17.9. The smallest absolute Gasteiger partial charge is 0.315 e. The molecule has 0 saturated carbocycles. The molecule has 0 aromatic carbocycles. The third-order valence-corrected chi connectivity index (χ3v) is 22.5. The summed E-state index contributed by atoms with van der Waals surface area (Å²) in [5.74, 6) is -1.34. The van der Waals surface area contributed by atoms with Crippen LogP contribution in [0.15, 0.2) is 0 Å². The molecule has 0 unspecified atom stereocenters. The molecule has 0 saturated heterocycles. The molecule has 0 aliphatic rings. The summed E-state index contributed by atoms with van der Waals surface area (Å²) in [5, 5.41) is 0. The quantitative estimate of drug-likeness (QED) is 0.278. The van der Waals surface area contributed by atoms with E-state index in [4.69, 9.17) is 4.12 Å². The molecule has 0 aromatic rings. The van der Waals surface area contributed by atoms with Crippen LogP contribution in [0.1, 0.15) is 20.8 Å². The number of halogens is 3. The van der Waals surface area contributed by atoms with E-state index in [1.54, 1.807) is 0 Å². The van der Waals surface area contributed by atoms with Gasteiger partial charge in [-0.2, -0.15) is 0 Å². The van der Waals surface area contributed by atoms with E-state index in [9.17, 15) is 0 Å². The van der Waals surface area contributed by atoms with Gasteiger partial charge in [0.15, 0.2) is 0 Å². The zero-order chi connectivity index (χ0) is 9.83. The minimum atomic E-state index is -1.36. The molecule has 0 spiro atoms. The van der Waals surface area contributed by atoms with Gasteiger partial charge in [0.25, 0.3) is 0 Å². The monoisotopic (exact) mass is 540 g/mol. The second-order valence-electron chi connectivity index (χ2n) is 2.68. The summed E-state index contributed by atoms with van der Waals surface area (Å²) in [6.45, 7) is 6.76. The Kier molecular flexibility index (Phi) is 7.57. The highest BCUT2D eigenvalue weighted by Gasteiger charge is 2.37. The Balaban J connectivity index is 4.20. The van der Waals surface area contributed by atoms with Gasteiger partial charge in [-0.25, -0.2) is 0 Å². The van der Waals surface area contributed by atoms with Crippen LogP contribution in [0.25, 0.3) is 0 Å². The molecule has 0 aromatic heterocycles. The molecule has 74 valence electrons. The molecule has 0 atom stereocenters. The van der Waals surface area contributed by atoms with Crippen molar-refractivity contribution in [1.29, 1.82) is 0 Å². The average Bonchev–Trinajstić information content (AvgIpc) is 2.04. The molecule has 0 aliphatic carbocycles. The molecular formula is C6H15I3OSi2. The highest BCUT2D eigenvalue weighted by molar-refractivity contribution is 14.3. The van der Waals surface area contributed by atoms with E-state index in [0.29, 0.717) is 0 Å². The predicted molar refractivity (Wildman–Crippen MR) is 86.1 cm³/mol. The SMILES string of the molecule is CC[Si](I)(I)O[Si](I)(CC)CC. The van der Waals surface area contributed by atoms with Crippen LogP contribution in [0.5, 0.6) is 0 Å². The van der Waals surface area contributed by atoms with Crippen molar-refractivity contribution in [2.24, 2.45) is 0 Å². The Labute approximate surface area is 116 Å². The molecule has 0 bridgehead atoms. The standard InChI is InChI=1S/C6H15I3OSi2/c1-4-11(7,5-2)10-12(8,9)6-3/h4-6H2,1-3H3. The van der Waals surface area contributed by atoms with Crippen LogP contribution in [-0.2, 0) is 4.12 Å². The number of rotatable bonds is 5. The van der Waals surface area contributed by atoms with Crippen LogP contribution in [0.2, 0.25) is 18.1 Å². The van der Waals surface area contributed by atoms with Crippen LogP contribution in [-0.4, -0.2) is 9.12 Å². The van der Waals surface area contributed by atoms with E-state index in [0.717, 1.165) is 0 Å². The Hall–Kier alpha value is 2.58. The van der Waals surface area contributed by atoms with Gasteiger partial charge < -0.3 is 4.12 Å². The largest absolute Gasteiger partial charge is 0.433 e.